The number of ketones is 2. The number of hydrogen-bond donors (Lipinski definition) is 1. The second-order valence-corrected chi connectivity index (χ2v) is 9.63. The smallest absolute Gasteiger partial charge is 0.150 e. The Bertz CT molecular complexity index is 707. The Balaban J connectivity index is 1.68. The molecule has 3 saturated carbocycles. The van der Waals surface area contributed by atoms with E-state index in [1.807, 2.05) is 12.1 Å². The minimum atomic E-state index is -0.381. The van der Waals surface area contributed by atoms with Gasteiger partial charge < -0.3 is 5.11 Å². The molecular weight excluding hydrogens is 326 g/mol. The number of rotatable bonds is 2. The normalized spacial score (nSPS) is 49.7. The largest absolute Gasteiger partial charge is 0.389 e. The van der Waals surface area contributed by atoms with E-state index in [0.29, 0.717) is 30.0 Å². The van der Waals surface area contributed by atoms with Gasteiger partial charge in [-0.15, -0.1) is 0 Å². The van der Waals surface area contributed by atoms with Crippen LogP contribution in [0.1, 0.15) is 58.8 Å². The van der Waals surface area contributed by atoms with Crippen molar-refractivity contribution < 1.29 is 14.7 Å². The molecule has 0 aromatic rings. The van der Waals surface area contributed by atoms with E-state index in [1.165, 1.54) is 0 Å². The molecule has 0 amide bonds. The fourth-order valence-corrected chi connectivity index (χ4v) is 7.34. The zero-order valence-corrected chi connectivity index (χ0v) is 15.8. The first kappa shape index (κ1) is 17.9. The van der Waals surface area contributed by atoms with Gasteiger partial charge in [-0.2, -0.15) is 5.26 Å². The predicted molar refractivity (Wildman–Crippen MR) is 96.8 cm³/mol. The summed E-state index contributed by atoms with van der Waals surface area (Å²) in [5.41, 5.74) is -0.428. The molecule has 0 radical (unpaired) electrons. The number of fused-ring (bicyclic) bond motifs is 5. The van der Waals surface area contributed by atoms with Gasteiger partial charge in [0.1, 0.15) is 5.78 Å². The van der Waals surface area contributed by atoms with Crippen molar-refractivity contribution >= 4 is 11.6 Å². The van der Waals surface area contributed by atoms with Gasteiger partial charge in [-0.3, -0.25) is 9.59 Å². The number of carbonyl (C=O) groups excluding carboxylic acids is 2. The molecule has 0 aliphatic heterocycles. The van der Waals surface area contributed by atoms with Crippen LogP contribution in [-0.2, 0) is 9.59 Å². The first-order valence-corrected chi connectivity index (χ1v) is 10.1. The Morgan fingerprint density at radius 2 is 2.08 bits per heavy atom. The van der Waals surface area contributed by atoms with Gasteiger partial charge in [0.15, 0.2) is 5.78 Å². The van der Waals surface area contributed by atoms with Crippen LogP contribution in [0.15, 0.2) is 12.2 Å². The van der Waals surface area contributed by atoms with Crippen LogP contribution in [0.4, 0.5) is 0 Å². The topological polar surface area (TPSA) is 78.2 Å². The molecule has 140 valence electrons. The SMILES string of the molecule is C[C@]12C=C[C@@H](O)C[C@@H]1CC[C@@H]1[C@@H]2C(=O)C[C@]2(C)[C@@H](C(=O)CC#N)CC[C@@H]12. The van der Waals surface area contributed by atoms with Crippen LogP contribution < -0.4 is 0 Å². The number of Topliss-reactive ketones (excluding diaryl/α,β-unsaturated/α-hetero) is 2. The first-order chi connectivity index (χ1) is 12.3. The molecule has 0 unspecified atom stereocenters. The Morgan fingerprint density at radius 3 is 2.81 bits per heavy atom. The zero-order valence-electron chi connectivity index (χ0n) is 15.8. The van der Waals surface area contributed by atoms with Crippen LogP contribution in [0.3, 0.4) is 0 Å². The van der Waals surface area contributed by atoms with Crippen LogP contribution in [-0.4, -0.2) is 22.8 Å². The Kier molecular flexibility index (Phi) is 4.15. The van der Waals surface area contributed by atoms with E-state index in [1.54, 1.807) is 0 Å². The predicted octanol–water partition coefficient (Wildman–Crippen LogP) is 3.44. The van der Waals surface area contributed by atoms with Gasteiger partial charge >= 0.3 is 0 Å². The van der Waals surface area contributed by atoms with Gasteiger partial charge in [-0.05, 0) is 60.7 Å². The standard InChI is InChI=1S/C22H29NO3/c1-21-9-7-14(24)11-13(21)3-4-15-16-5-6-17(18(25)8-10-23)22(16,2)12-19(26)20(15)21/h7,9,13-17,20,24H,3-6,8,11-12H2,1-2H3/t13-,14+,15-,16-,17+,20+,21-,22-/m0/s1. The Labute approximate surface area is 155 Å². The summed E-state index contributed by atoms with van der Waals surface area (Å²) in [6.07, 6.45) is 8.72. The third-order valence-electron chi connectivity index (χ3n) is 8.50. The van der Waals surface area contributed by atoms with Gasteiger partial charge in [-0.1, -0.05) is 26.0 Å². The molecule has 0 saturated heterocycles. The van der Waals surface area contributed by atoms with Crippen LogP contribution in [0.25, 0.3) is 0 Å². The fourth-order valence-electron chi connectivity index (χ4n) is 7.34. The highest BCUT2D eigenvalue weighted by Gasteiger charge is 2.63. The van der Waals surface area contributed by atoms with E-state index in [9.17, 15) is 14.7 Å². The van der Waals surface area contributed by atoms with Crippen LogP contribution >= 0.6 is 0 Å². The molecule has 0 heterocycles. The van der Waals surface area contributed by atoms with E-state index in [0.717, 1.165) is 32.1 Å². The van der Waals surface area contributed by atoms with Crippen molar-refractivity contribution in [1.29, 1.82) is 5.26 Å². The van der Waals surface area contributed by atoms with Crippen molar-refractivity contribution in [3.63, 3.8) is 0 Å². The summed E-state index contributed by atoms with van der Waals surface area (Å²) in [5, 5.41) is 19.0. The maximum atomic E-state index is 13.4. The molecule has 0 aromatic heterocycles. The summed E-state index contributed by atoms with van der Waals surface area (Å²) in [6.45, 7) is 4.35. The lowest BCUT2D eigenvalue weighted by Gasteiger charge is -2.58. The summed E-state index contributed by atoms with van der Waals surface area (Å²) in [5.74, 6) is 1.33. The van der Waals surface area contributed by atoms with Crippen molar-refractivity contribution in [3.8, 4) is 6.07 Å². The molecule has 1 N–H and O–H groups in total. The maximum Gasteiger partial charge on any atom is 0.150 e. The monoisotopic (exact) mass is 355 g/mol. The van der Waals surface area contributed by atoms with Gasteiger partial charge in [0.05, 0.1) is 18.6 Å². The minimum Gasteiger partial charge on any atom is -0.389 e. The van der Waals surface area contributed by atoms with Gasteiger partial charge in [-0.25, -0.2) is 0 Å². The Hall–Kier alpha value is -1.47. The van der Waals surface area contributed by atoms with Crippen molar-refractivity contribution in [2.45, 2.75) is 64.9 Å². The number of nitriles is 1. The summed E-state index contributed by atoms with van der Waals surface area (Å²) in [6, 6.07) is 2.00. The number of hydrogen-bond acceptors (Lipinski definition) is 4. The minimum absolute atomic E-state index is 0.0212. The fraction of sp³-hybridized carbons (Fsp3) is 0.773. The second kappa shape index (κ2) is 6.02. The van der Waals surface area contributed by atoms with E-state index in [-0.39, 0.29) is 41.0 Å². The first-order valence-electron chi connectivity index (χ1n) is 10.1. The van der Waals surface area contributed by atoms with Crippen molar-refractivity contribution in [3.05, 3.63) is 12.2 Å². The summed E-state index contributed by atoms with van der Waals surface area (Å²) >= 11 is 0. The molecule has 4 heteroatoms. The number of aliphatic hydroxyl groups excluding tert-OH is 1. The van der Waals surface area contributed by atoms with E-state index in [4.69, 9.17) is 5.26 Å². The Morgan fingerprint density at radius 1 is 1.31 bits per heavy atom. The lowest BCUT2D eigenvalue weighted by molar-refractivity contribution is -0.152. The third-order valence-corrected chi connectivity index (χ3v) is 8.50. The maximum absolute atomic E-state index is 13.4. The number of allylic oxidation sites excluding steroid dienone is 1. The third kappa shape index (κ3) is 2.36. The molecule has 0 aromatic carbocycles. The molecule has 26 heavy (non-hydrogen) atoms. The highest BCUT2D eigenvalue weighted by atomic mass is 16.3. The molecular formula is C22H29NO3. The van der Waals surface area contributed by atoms with Crippen molar-refractivity contribution in [2.75, 3.05) is 0 Å². The molecule has 4 nitrogen and oxygen atoms in total. The quantitative estimate of drug-likeness (QED) is 0.770. The van der Waals surface area contributed by atoms with Crippen molar-refractivity contribution in [1.82, 2.24) is 0 Å². The summed E-state index contributed by atoms with van der Waals surface area (Å²) < 4.78 is 0. The van der Waals surface area contributed by atoms with E-state index < -0.39 is 0 Å². The zero-order chi connectivity index (χ0) is 18.7. The van der Waals surface area contributed by atoms with E-state index in [2.05, 4.69) is 19.9 Å². The highest BCUT2D eigenvalue weighted by Crippen LogP contribution is 2.65. The van der Waals surface area contributed by atoms with E-state index >= 15 is 0 Å². The molecule has 4 rings (SSSR count). The molecule has 0 bridgehead atoms. The summed E-state index contributed by atoms with van der Waals surface area (Å²) in [7, 11) is 0. The number of carbonyl (C=O) groups is 2. The van der Waals surface area contributed by atoms with Crippen LogP contribution in [0.2, 0.25) is 0 Å². The number of nitrogens with zero attached hydrogens (tertiary/aromatic N) is 1. The van der Waals surface area contributed by atoms with Gasteiger partial charge in [0.25, 0.3) is 0 Å². The molecule has 4 aliphatic rings. The summed E-state index contributed by atoms with van der Waals surface area (Å²) in [4.78, 5) is 25.9. The number of aliphatic hydroxyl groups is 1. The average Bonchev–Trinajstić information content (AvgIpc) is 2.92. The lowest BCUT2D eigenvalue weighted by atomic mass is 9.45. The molecule has 8 atom stereocenters. The molecule has 3 fully saturated rings. The highest BCUT2D eigenvalue weighted by molar-refractivity contribution is 5.88. The molecule has 0 spiro atoms. The average molecular weight is 355 g/mol. The van der Waals surface area contributed by atoms with Crippen LogP contribution in [0.5, 0.6) is 0 Å². The van der Waals surface area contributed by atoms with Gasteiger partial charge in [0.2, 0.25) is 0 Å². The lowest BCUT2D eigenvalue weighted by Crippen LogP contribution is -2.57. The van der Waals surface area contributed by atoms with Crippen LogP contribution in [0, 0.1) is 51.8 Å². The second-order valence-electron chi connectivity index (χ2n) is 9.63. The van der Waals surface area contributed by atoms with Crippen molar-refractivity contribution in [2.24, 2.45) is 40.4 Å². The van der Waals surface area contributed by atoms with Gasteiger partial charge in [0, 0.05) is 18.3 Å². The molecule has 4 aliphatic carbocycles.